The molecule has 3 N–H and O–H groups in total. The fourth-order valence-electron chi connectivity index (χ4n) is 1.95. The summed E-state index contributed by atoms with van der Waals surface area (Å²) in [5.41, 5.74) is 11.8. The predicted octanol–water partition coefficient (Wildman–Crippen LogP) is 2.99. The maximum absolute atomic E-state index is 6.13. The molecule has 0 saturated heterocycles. The standard InChI is InChI=1S/C16H25N3/c1-4-9-14(10-5-2)13-19(3)18-16(17)15-11-7-6-8-12-15/h4,6-12,16,18H,5,13,17H2,1-3H3/b9-4-,14-10+. The summed E-state index contributed by atoms with van der Waals surface area (Å²) in [5.74, 6) is 0. The smallest absolute Gasteiger partial charge is 0.0940 e. The first-order valence-corrected chi connectivity index (χ1v) is 6.77. The average molecular weight is 259 g/mol. The normalized spacial score (nSPS) is 14.3. The molecular weight excluding hydrogens is 234 g/mol. The summed E-state index contributed by atoms with van der Waals surface area (Å²) in [6.07, 6.45) is 7.28. The van der Waals surface area contributed by atoms with E-state index in [0.29, 0.717) is 0 Å². The van der Waals surface area contributed by atoms with Gasteiger partial charge in [-0.25, -0.2) is 10.4 Å². The van der Waals surface area contributed by atoms with Gasteiger partial charge in [0.15, 0.2) is 0 Å². The van der Waals surface area contributed by atoms with Crippen molar-refractivity contribution in [2.45, 2.75) is 26.4 Å². The maximum atomic E-state index is 6.13. The molecule has 0 aliphatic carbocycles. The number of nitrogens with two attached hydrogens (primary N) is 1. The number of hydrazine groups is 1. The third-order valence-electron chi connectivity index (χ3n) is 2.78. The van der Waals surface area contributed by atoms with Crippen LogP contribution in [0.3, 0.4) is 0 Å². The molecule has 1 atom stereocenters. The Hall–Kier alpha value is -1.42. The van der Waals surface area contributed by atoms with Crippen LogP contribution in [0.1, 0.15) is 32.0 Å². The van der Waals surface area contributed by atoms with Crippen LogP contribution in [0.15, 0.2) is 54.1 Å². The van der Waals surface area contributed by atoms with Crippen molar-refractivity contribution in [3.8, 4) is 0 Å². The molecule has 0 amide bonds. The Morgan fingerprint density at radius 2 is 2.05 bits per heavy atom. The van der Waals surface area contributed by atoms with Gasteiger partial charge in [-0.1, -0.05) is 55.5 Å². The highest BCUT2D eigenvalue weighted by Crippen LogP contribution is 2.08. The summed E-state index contributed by atoms with van der Waals surface area (Å²) < 4.78 is 0. The number of rotatable bonds is 7. The van der Waals surface area contributed by atoms with Gasteiger partial charge in [0, 0.05) is 13.6 Å². The fourth-order valence-corrected chi connectivity index (χ4v) is 1.95. The van der Waals surface area contributed by atoms with Crippen molar-refractivity contribution in [3.05, 3.63) is 59.7 Å². The van der Waals surface area contributed by atoms with Crippen LogP contribution in [-0.4, -0.2) is 18.6 Å². The molecule has 0 saturated carbocycles. The largest absolute Gasteiger partial charge is 0.311 e. The van der Waals surface area contributed by atoms with Gasteiger partial charge >= 0.3 is 0 Å². The molecule has 0 fully saturated rings. The minimum absolute atomic E-state index is 0.181. The van der Waals surface area contributed by atoms with E-state index in [-0.39, 0.29) is 6.17 Å². The van der Waals surface area contributed by atoms with E-state index in [4.69, 9.17) is 5.73 Å². The van der Waals surface area contributed by atoms with Crippen molar-refractivity contribution in [3.63, 3.8) is 0 Å². The number of allylic oxidation sites excluding steroid dienone is 2. The second-order valence-corrected chi connectivity index (χ2v) is 4.56. The number of nitrogens with one attached hydrogen (secondary N) is 1. The molecule has 1 aromatic carbocycles. The monoisotopic (exact) mass is 259 g/mol. The van der Waals surface area contributed by atoms with Crippen LogP contribution in [0.25, 0.3) is 0 Å². The highest BCUT2D eigenvalue weighted by Gasteiger charge is 2.07. The molecule has 0 aliphatic heterocycles. The summed E-state index contributed by atoms with van der Waals surface area (Å²) in [7, 11) is 2.01. The molecule has 0 radical (unpaired) electrons. The SMILES string of the molecule is C/C=C\C(=C/CC)CN(C)NC(N)c1ccccc1. The maximum Gasteiger partial charge on any atom is 0.0940 e. The first-order chi connectivity index (χ1) is 9.17. The molecule has 1 aromatic rings. The minimum Gasteiger partial charge on any atom is -0.311 e. The Morgan fingerprint density at radius 1 is 1.37 bits per heavy atom. The van der Waals surface area contributed by atoms with Gasteiger partial charge < -0.3 is 5.73 Å². The van der Waals surface area contributed by atoms with Crippen molar-refractivity contribution < 1.29 is 0 Å². The zero-order chi connectivity index (χ0) is 14.1. The highest BCUT2D eigenvalue weighted by molar-refractivity contribution is 5.20. The number of benzene rings is 1. The first kappa shape index (κ1) is 15.6. The summed E-state index contributed by atoms with van der Waals surface area (Å²) >= 11 is 0. The summed E-state index contributed by atoms with van der Waals surface area (Å²) in [6, 6.07) is 10.0. The second kappa shape index (κ2) is 8.64. The molecule has 3 nitrogen and oxygen atoms in total. The van der Waals surface area contributed by atoms with E-state index in [2.05, 4.69) is 30.6 Å². The molecule has 0 aliphatic rings. The van der Waals surface area contributed by atoms with E-state index in [1.807, 2.05) is 49.3 Å². The molecule has 0 spiro atoms. The lowest BCUT2D eigenvalue weighted by atomic mass is 10.2. The van der Waals surface area contributed by atoms with E-state index >= 15 is 0 Å². The third-order valence-corrected chi connectivity index (χ3v) is 2.78. The highest BCUT2D eigenvalue weighted by atomic mass is 15.5. The van der Waals surface area contributed by atoms with Gasteiger partial charge in [-0.15, -0.1) is 0 Å². The molecule has 104 valence electrons. The van der Waals surface area contributed by atoms with Crippen LogP contribution >= 0.6 is 0 Å². The number of nitrogens with zero attached hydrogens (tertiary/aromatic N) is 1. The molecule has 0 aromatic heterocycles. The lowest BCUT2D eigenvalue weighted by Crippen LogP contribution is -2.42. The number of hydrogen-bond donors (Lipinski definition) is 2. The second-order valence-electron chi connectivity index (χ2n) is 4.56. The molecule has 1 rings (SSSR count). The Kier molecular flexibility index (Phi) is 7.11. The zero-order valence-electron chi connectivity index (χ0n) is 12.1. The predicted molar refractivity (Wildman–Crippen MR) is 82.3 cm³/mol. The van der Waals surface area contributed by atoms with Crippen molar-refractivity contribution in [1.29, 1.82) is 0 Å². The van der Waals surface area contributed by atoms with E-state index in [9.17, 15) is 0 Å². The molecule has 19 heavy (non-hydrogen) atoms. The van der Waals surface area contributed by atoms with Crippen LogP contribution in [-0.2, 0) is 0 Å². The average Bonchev–Trinajstić information content (AvgIpc) is 2.40. The van der Waals surface area contributed by atoms with Gasteiger partial charge in [-0.3, -0.25) is 0 Å². The van der Waals surface area contributed by atoms with Crippen LogP contribution in [0.2, 0.25) is 0 Å². The van der Waals surface area contributed by atoms with Gasteiger partial charge in [0.25, 0.3) is 0 Å². The van der Waals surface area contributed by atoms with E-state index in [1.54, 1.807) is 0 Å². The Balaban J connectivity index is 2.55. The Morgan fingerprint density at radius 3 is 2.63 bits per heavy atom. The van der Waals surface area contributed by atoms with Crippen molar-refractivity contribution in [1.82, 2.24) is 10.4 Å². The van der Waals surface area contributed by atoms with Gasteiger partial charge in [-0.2, -0.15) is 0 Å². The lowest BCUT2D eigenvalue weighted by molar-refractivity contribution is 0.218. The molecule has 3 heteroatoms. The van der Waals surface area contributed by atoms with Crippen molar-refractivity contribution in [2.75, 3.05) is 13.6 Å². The van der Waals surface area contributed by atoms with Gasteiger partial charge in [0.1, 0.15) is 0 Å². The number of hydrogen-bond acceptors (Lipinski definition) is 3. The number of likely N-dealkylation sites (N-methyl/N-ethyl adjacent to an activating group) is 1. The van der Waals surface area contributed by atoms with Gasteiger partial charge in [-0.05, 0) is 24.5 Å². The lowest BCUT2D eigenvalue weighted by Gasteiger charge is -2.24. The van der Waals surface area contributed by atoms with Crippen LogP contribution in [0.4, 0.5) is 0 Å². The summed E-state index contributed by atoms with van der Waals surface area (Å²) in [6.45, 7) is 5.01. The van der Waals surface area contributed by atoms with Crippen LogP contribution < -0.4 is 11.2 Å². The minimum atomic E-state index is -0.181. The third kappa shape index (κ3) is 5.83. The quantitative estimate of drug-likeness (QED) is 0.449. The molecule has 0 heterocycles. The van der Waals surface area contributed by atoms with Crippen LogP contribution in [0, 0.1) is 0 Å². The van der Waals surface area contributed by atoms with Crippen molar-refractivity contribution >= 4 is 0 Å². The molecule has 0 bridgehead atoms. The van der Waals surface area contributed by atoms with E-state index in [1.165, 1.54) is 5.57 Å². The summed E-state index contributed by atoms with van der Waals surface area (Å²) in [5, 5.41) is 2.03. The van der Waals surface area contributed by atoms with Crippen LogP contribution in [0.5, 0.6) is 0 Å². The Bertz CT molecular complexity index is 409. The fraction of sp³-hybridized carbons (Fsp3) is 0.375. The topological polar surface area (TPSA) is 41.3 Å². The molecule has 1 unspecified atom stereocenters. The van der Waals surface area contributed by atoms with Gasteiger partial charge in [0.05, 0.1) is 6.17 Å². The Labute approximate surface area is 116 Å². The van der Waals surface area contributed by atoms with E-state index < -0.39 is 0 Å². The first-order valence-electron chi connectivity index (χ1n) is 6.77. The summed E-state index contributed by atoms with van der Waals surface area (Å²) in [4.78, 5) is 0. The van der Waals surface area contributed by atoms with Crippen molar-refractivity contribution in [2.24, 2.45) is 5.73 Å². The zero-order valence-corrected chi connectivity index (χ0v) is 12.1. The van der Waals surface area contributed by atoms with E-state index in [0.717, 1.165) is 18.5 Å². The molecular formula is C16H25N3. The van der Waals surface area contributed by atoms with Gasteiger partial charge in [0.2, 0.25) is 0 Å².